The van der Waals surface area contributed by atoms with Crippen LogP contribution in [-0.2, 0) is 0 Å². The minimum absolute atomic E-state index is 0.245. The van der Waals surface area contributed by atoms with Gasteiger partial charge in [-0.05, 0) is 24.3 Å². The molecule has 0 bridgehead atoms. The van der Waals surface area contributed by atoms with Crippen LogP contribution in [0.25, 0.3) is 0 Å². The van der Waals surface area contributed by atoms with Gasteiger partial charge in [0.2, 0.25) is 5.82 Å². The first-order valence-electron chi connectivity index (χ1n) is 4.98. The maximum atomic E-state index is 13.5. The SMILES string of the molecule is O=Cc1cccc(Oc2cc(Br)cc(F)c2F)c1. The summed E-state index contributed by atoms with van der Waals surface area (Å²) in [4.78, 5) is 10.6. The summed E-state index contributed by atoms with van der Waals surface area (Å²) in [7, 11) is 0. The Morgan fingerprint density at radius 1 is 1.17 bits per heavy atom. The van der Waals surface area contributed by atoms with Crippen molar-refractivity contribution in [2.24, 2.45) is 0 Å². The van der Waals surface area contributed by atoms with Crippen LogP contribution in [0.3, 0.4) is 0 Å². The Bertz CT molecular complexity index is 600. The van der Waals surface area contributed by atoms with Gasteiger partial charge in [-0.2, -0.15) is 4.39 Å². The fourth-order valence-corrected chi connectivity index (χ4v) is 1.79. The zero-order valence-electron chi connectivity index (χ0n) is 8.99. The minimum Gasteiger partial charge on any atom is -0.454 e. The van der Waals surface area contributed by atoms with E-state index < -0.39 is 11.6 Å². The summed E-state index contributed by atoms with van der Waals surface area (Å²) < 4.78 is 32.2. The van der Waals surface area contributed by atoms with E-state index in [4.69, 9.17) is 4.74 Å². The Balaban J connectivity index is 2.36. The quantitative estimate of drug-likeness (QED) is 0.623. The molecular formula is C13H7BrF2O2. The van der Waals surface area contributed by atoms with Crippen LogP contribution in [0.2, 0.25) is 0 Å². The molecule has 2 nitrogen and oxygen atoms in total. The van der Waals surface area contributed by atoms with Gasteiger partial charge in [-0.15, -0.1) is 0 Å². The van der Waals surface area contributed by atoms with Crippen molar-refractivity contribution in [1.29, 1.82) is 0 Å². The van der Waals surface area contributed by atoms with E-state index in [-0.39, 0.29) is 11.5 Å². The van der Waals surface area contributed by atoms with Gasteiger partial charge < -0.3 is 4.74 Å². The summed E-state index contributed by atoms with van der Waals surface area (Å²) in [6, 6.07) is 8.47. The Morgan fingerprint density at radius 2 is 1.94 bits per heavy atom. The molecule has 2 aromatic rings. The molecular weight excluding hydrogens is 306 g/mol. The van der Waals surface area contributed by atoms with E-state index in [1.807, 2.05) is 0 Å². The van der Waals surface area contributed by atoms with Gasteiger partial charge in [-0.1, -0.05) is 28.1 Å². The Kier molecular flexibility index (Phi) is 3.72. The molecule has 2 rings (SSSR count). The number of carbonyl (C=O) groups excluding carboxylic acids is 1. The lowest BCUT2D eigenvalue weighted by atomic mass is 10.2. The molecule has 18 heavy (non-hydrogen) atoms. The normalized spacial score (nSPS) is 10.2. The van der Waals surface area contributed by atoms with Crippen molar-refractivity contribution in [3.8, 4) is 11.5 Å². The number of halogens is 3. The van der Waals surface area contributed by atoms with Crippen LogP contribution in [-0.4, -0.2) is 6.29 Å². The maximum absolute atomic E-state index is 13.5. The zero-order valence-corrected chi connectivity index (χ0v) is 10.6. The van der Waals surface area contributed by atoms with Crippen molar-refractivity contribution in [1.82, 2.24) is 0 Å². The van der Waals surface area contributed by atoms with Gasteiger partial charge in [0.25, 0.3) is 0 Å². The molecule has 0 radical (unpaired) electrons. The number of benzene rings is 2. The number of rotatable bonds is 3. The van der Waals surface area contributed by atoms with Crippen LogP contribution in [0.1, 0.15) is 10.4 Å². The summed E-state index contributed by atoms with van der Waals surface area (Å²) >= 11 is 3.05. The molecule has 2 aromatic carbocycles. The fraction of sp³-hybridized carbons (Fsp3) is 0. The highest BCUT2D eigenvalue weighted by Gasteiger charge is 2.12. The molecule has 0 saturated carbocycles. The molecule has 0 atom stereocenters. The summed E-state index contributed by atoms with van der Waals surface area (Å²) in [6.45, 7) is 0. The number of hydrogen-bond acceptors (Lipinski definition) is 2. The molecule has 0 amide bonds. The Labute approximate surface area is 110 Å². The number of carbonyl (C=O) groups is 1. The fourth-order valence-electron chi connectivity index (χ4n) is 1.38. The van der Waals surface area contributed by atoms with E-state index in [1.165, 1.54) is 12.1 Å². The number of aldehydes is 1. The van der Waals surface area contributed by atoms with Gasteiger partial charge in [0.15, 0.2) is 11.6 Å². The van der Waals surface area contributed by atoms with Crippen molar-refractivity contribution < 1.29 is 18.3 Å². The van der Waals surface area contributed by atoms with Crippen LogP contribution in [0.5, 0.6) is 11.5 Å². The minimum atomic E-state index is -1.07. The van der Waals surface area contributed by atoms with Crippen LogP contribution < -0.4 is 4.74 Å². The molecule has 0 heterocycles. The third kappa shape index (κ3) is 2.73. The molecule has 0 saturated heterocycles. The van der Waals surface area contributed by atoms with E-state index >= 15 is 0 Å². The van der Waals surface area contributed by atoms with Crippen LogP contribution in [0.4, 0.5) is 8.78 Å². The monoisotopic (exact) mass is 312 g/mol. The van der Waals surface area contributed by atoms with Crippen molar-refractivity contribution in [2.75, 3.05) is 0 Å². The van der Waals surface area contributed by atoms with Gasteiger partial charge in [-0.25, -0.2) is 4.39 Å². The van der Waals surface area contributed by atoms with Crippen molar-refractivity contribution in [3.63, 3.8) is 0 Å². The first-order valence-corrected chi connectivity index (χ1v) is 5.77. The van der Waals surface area contributed by atoms with E-state index in [2.05, 4.69) is 15.9 Å². The summed E-state index contributed by atoms with van der Waals surface area (Å²) in [5.41, 5.74) is 0.392. The van der Waals surface area contributed by atoms with Crippen LogP contribution in [0.15, 0.2) is 40.9 Å². The van der Waals surface area contributed by atoms with Crippen LogP contribution in [0, 0.1) is 11.6 Å². The lowest BCUT2D eigenvalue weighted by molar-refractivity contribution is 0.112. The molecule has 0 aliphatic rings. The van der Waals surface area contributed by atoms with Gasteiger partial charge in [0.05, 0.1) is 0 Å². The van der Waals surface area contributed by atoms with E-state index in [9.17, 15) is 13.6 Å². The standard InChI is InChI=1S/C13H7BrF2O2/c14-9-5-11(15)13(16)12(6-9)18-10-3-1-2-8(4-10)7-17/h1-7H. The molecule has 5 heteroatoms. The second kappa shape index (κ2) is 5.27. The third-order valence-electron chi connectivity index (χ3n) is 2.18. The smallest absolute Gasteiger partial charge is 0.201 e. The lowest BCUT2D eigenvalue weighted by Gasteiger charge is -2.08. The van der Waals surface area contributed by atoms with Gasteiger partial charge in [-0.3, -0.25) is 4.79 Å². The molecule has 0 fully saturated rings. The Hall–Kier alpha value is -1.75. The number of ether oxygens (including phenoxy) is 1. The first kappa shape index (κ1) is 12.7. The predicted molar refractivity (Wildman–Crippen MR) is 66.0 cm³/mol. The third-order valence-corrected chi connectivity index (χ3v) is 2.64. The topological polar surface area (TPSA) is 26.3 Å². The molecule has 0 aromatic heterocycles. The highest BCUT2D eigenvalue weighted by Crippen LogP contribution is 2.29. The maximum Gasteiger partial charge on any atom is 0.201 e. The average molecular weight is 313 g/mol. The Morgan fingerprint density at radius 3 is 2.67 bits per heavy atom. The largest absolute Gasteiger partial charge is 0.454 e. The summed E-state index contributed by atoms with van der Waals surface area (Å²) in [5.74, 6) is -2.07. The molecule has 0 spiro atoms. The molecule has 0 N–H and O–H groups in total. The van der Waals surface area contributed by atoms with E-state index in [0.717, 1.165) is 6.07 Å². The lowest BCUT2D eigenvalue weighted by Crippen LogP contribution is -1.93. The highest BCUT2D eigenvalue weighted by atomic mass is 79.9. The summed E-state index contributed by atoms with van der Waals surface area (Å²) in [5, 5.41) is 0. The second-order valence-electron chi connectivity index (χ2n) is 3.49. The van der Waals surface area contributed by atoms with Crippen molar-refractivity contribution in [3.05, 3.63) is 58.1 Å². The van der Waals surface area contributed by atoms with E-state index in [0.29, 0.717) is 16.3 Å². The summed E-state index contributed by atoms with van der Waals surface area (Å²) in [6.07, 6.45) is 0.644. The van der Waals surface area contributed by atoms with E-state index in [1.54, 1.807) is 18.2 Å². The molecule has 0 aliphatic heterocycles. The van der Waals surface area contributed by atoms with Crippen molar-refractivity contribution in [2.45, 2.75) is 0 Å². The van der Waals surface area contributed by atoms with Gasteiger partial charge in [0.1, 0.15) is 12.0 Å². The molecule has 0 aliphatic carbocycles. The molecule has 0 unspecified atom stereocenters. The first-order chi connectivity index (χ1) is 8.60. The zero-order chi connectivity index (χ0) is 13.1. The molecule has 92 valence electrons. The average Bonchev–Trinajstić information content (AvgIpc) is 2.35. The van der Waals surface area contributed by atoms with Gasteiger partial charge >= 0.3 is 0 Å². The predicted octanol–water partition coefficient (Wildman–Crippen LogP) is 4.33. The van der Waals surface area contributed by atoms with Gasteiger partial charge in [0, 0.05) is 10.0 Å². The second-order valence-corrected chi connectivity index (χ2v) is 4.41. The highest BCUT2D eigenvalue weighted by molar-refractivity contribution is 9.10. The van der Waals surface area contributed by atoms with Crippen LogP contribution >= 0.6 is 15.9 Å². The number of hydrogen-bond donors (Lipinski definition) is 0. The van der Waals surface area contributed by atoms with Crippen molar-refractivity contribution >= 4 is 22.2 Å².